The first-order chi connectivity index (χ1) is 15.7. The second kappa shape index (κ2) is 7.38. The van der Waals surface area contributed by atoms with E-state index in [-0.39, 0.29) is 11.2 Å². The number of aromatic amines is 1. The second-order valence-electron chi connectivity index (χ2n) is 8.65. The summed E-state index contributed by atoms with van der Waals surface area (Å²) in [7, 11) is 0. The molecule has 2 aliphatic rings. The van der Waals surface area contributed by atoms with Crippen molar-refractivity contribution in [3.8, 4) is 17.3 Å². The molecule has 5 heterocycles. The maximum Gasteiger partial charge on any atom is 0.235 e. The van der Waals surface area contributed by atoms with Crippen LogP contribution in [0.1, 0.15) is 19.3 Å². The molecule has 3 aromatic heterocycles. The highest BCUT2D eigenvalue weighted by Crippen LogP contribution is 2.42. The standard InChI is InChI=1S/C24H22N6OS/c25-9-8-24(13-29(14-24)23(31)20-6-3-11-32-20)30-12-18(16-4-1-2-5-19(16)30)21-17-7-10-26-22(17)28-15-27-21/h1-2,4-5,7,10,12,15,20H,3,6,8,11,13-14H2,(H,26,27,28). The summed E-state index contributed by atoms with van der Waals surface area (Å²) in [5, 5.41) is 11.8. The van der Waals surface area contributed by atoms with E-state index >= 15 is 0 Å². The van der Waals surface area contributed by atoms with Crippen molar-refractivity contribution >= 4 is 39.6 Å². The van der Waals surface area contributed by atoms with Crippen LogP contribution in [0.25, 0.3) is 33.2 Å². The Morgan fingerprint density at radius 2 is 2.12 bits per heavy atom. The van der Waals surface area contributed by atoms with Crippen LogP contribution in [0.3, 0.4) is 0 Å². The zero-order valence-corrected chi connectivity index (χ0v) is 18.3. The molecule has 8 heteroatoms. The fraction of sp³-hybridized carbons (Fsp3) is 0.333. The van der Waals surface area contributed by atoms with E-state index in [0.29, 0.717) is 19.5 Å². The Hall–Kier alpha value is -3.31. The van der Waals surface area contributed by atoms with Crippen LogP contribution in [0, 0.1) is 11.3 Å². The number of hydrogen-bond acceptors (Lipinski definition) is 5. The van der Waals surface area contributed by atoms with Crippen molar-refractivity contribution < 1.29 is 4.79 Å². The van der Waals surface area contributed by atoms with Crippen LogP contribution in [0.15, 0.2) is 49.1 Å². The van der Waals surface area contributed by atoms with E-state index in [9.17, 15) is 10.1 Å². The zero-order chi connectivity index (χ0) is 21.7. The maximum absolute atomic E-state index is 13.0. The Kier molecular flexibility index (Phi) is 4.47. The molecular formula is C24H22N6OS. The average Bonchev–Trinajstić information content (AvgIpc) is 3.55. The fourth-order valence-electron chi connectivity index (χ4n) is 5.14. The van der Waals surface area contributed by atoms with Gasteiger partial charge in [0.1, 0.15) is 12.0 Å². The molecule has 2 aliphatic heterocycles. The number of nitrogens with zero attached hydrogens (tertiary/aromatic N) is 5. The quantitative estimate of drug-likeness (QED) is 0.517. The molecular weight excluding hydrogens is 420 g/mol. The topological polar surface area (TPSA) is 90.6 Å². The Labute approximate surface area is 189 Å². The first-order valence-corrected chi connectivity index (χ1v) is 11.9. The summed E-state index contributed by atoms with van der Waals surface area (Å²) in [6.45, 7) is 1.13. The SMILES string of the molecule is N#CCC1(n2cc(-c3ncnc4[nH]ccc34)c3ccccc32)CN(C(=O)C2CCCS2)C1. The number of likely N-dealkylation sites (tertiary alicyclic amines) is 1. The second-order valence-corrected chi connectivity index (χ2v) is 9.96. The number of aromatic nitrogens is 4. The lowest BCUT2D eigenvalue weighted by Gasteiger charge is -2.51. The number of H-pyrrole nitrogens is 1. The molecule has 0 aliphatic carbocycles. The number of benzene rings is 1. The van der Waals surface area contributed by atoms with E-state index in [2.05, 4.69) is 43.9 Å². The van der Waals surface area contributed by atoms with Gasteiger partial charge in [-0.15, -0.1) is 11.8 Å². The molecule has 1 N–H and O–H groups in total. The number of carbonyl (C=O) groups is 1. The molecule has 0 saturated carbocycles. The highest BCUT2D eigenvalue weighted by molar-refractivity contribution is 8.00. The van der Waals surface area contributed by atoms with Gasteiger partial charge >= 0.3 is 0 Å². The number of amides is 1. The number of nitrogens with one attached hydrogen (secondary N) is 1. The minimum Gasteiger partial charge on any atom is -0.346 e. The summed E-state index contributed by atoms with van der Waals surface area (Å²) >= 11 is 1.76. The molecule has 2 fully saturated rings. The number of hydrogen-bond donors (Lipinski definition) is 1. The Morgan fingerprint density at radius 1 is 1.25 bits per heavy atom. The van der Waals surface area contributed by atoms with Gasteiger partial charge in [0, 0.05) is 47.3 Å². The van der Waals surface area contributed by atoms with Crippen molar-refractivity contribution in [3.05, 3.63) is 49.1 Å². The molecule has 6 rings (SSSR count). The fourth-order valence-corrected chi connectivity index (χ4v) is 6.38. The molecule has 160 valence electrons. The molecule has 0 bridgehead atoms. The smallest absolute Gasteiger partial charge is 0.235 e. The summed E-state index contributed by atoms with van der Waals surface area (Å²) in [4.78, 5) is 27.0. The van der Waals surface area contributed by atoms with Gasteiger partial charge in [-0.1, -0.05) is 18.2 Å². The van der Waals surface area contributed by atoms with Crippen molar-refractivity contribution in [2.45, 2.75) is 30.1 Å². The van der Waals surface area contributed by atoms with Gasteiger partial charge in [0.15, 0.2) is 0 Å². The van der Waals surface area contributed by atoms with Crippen LogP contribution in [0.4, 0.5) is 0 Å². The average molecular weight is 443 g/mol. The number of fused-ring (bicyclic) bond motifs is 2. The summed E-state index contributed by atoms with van der Waals surface area (Å²) < 4.78 is 2.22. The van der Waals surface area contributed by atoms with E-state index in [1.54, 1.807) is 18.1 Å². The summed E-state index contributed by atoms with van der Waals surface area (Å²) in [6.07, 6.45) is 7.99. The number of rotatable bonds is 4. The van der Waals surface area contributed by atoms with Crippen LogP contribution < -0.4 is 0 Å². The van der Waals surface area contributed by atoms with Gasteiger partial charge in [0.25, 0.3) is 0 Å². The maximum atomic E-state index is 13.0. The van der Waals surface area contributed by atoms with Crippen molar-refractivity contribution in [3.63, 3.8) is 0 Å². The van der Waals surface area contributed by atoms with Gasteiger partial charge in [-0.3, -0.25) is 4.79 Å². The van der Waals surface area contributed by atoms with E-state index in [4.69, 9.17) is 0 Å². The third-order valence-corrected chi connectivity index (χ3v) is 8.09. The normalized spacial score (nSPS) is 19.8. The van der Waals surface area contributed by atoms with Gasteiger partial charge < -0.3 is 14.5 Å². The highest BCUT2D eigenvalue weighted by Gasteiger charge is 2.48. The Balaban J connectivity index is 1.44. The van der Waals surface area contributed by atoms with Crippen molar-refractivity contribution in [1.82, 2.24) is 24.4 Å². The molecule has 2 saturated heterocycles. The first kappa shape index (κ1) is 19.4. The molecule has 7 nitrogen and oxygen atoms in total. The minimum absolute atomic E-state index is 0.0787. The molecule has 4 aromatic rings. The number of thioether (sulfide) groups is 1. The zero-order valence-electron chi connectivity index (χ0n) is 17.5. The monoisotopic (exact) mass is 442 g/mol. The Bertz CT molecular complexity index is 1370. The molecule has 1 unspecified atom stereocenters. The minimum atomic E-state index is -0.421. The summed E-state index contributed by atoms with van der Waals surface area (Å²) in [5.74, 6) is 1.29. The molecule has 32 heavy (non-hydrogen) atoms. The predicted octanol–water partition coefficient (Wildman–Crippen LogP) is 3.93. The van der Waals surface area contributed by atoms with Gasteiger partial charge in [0.2, 0.25) is 5.91 Å². The third kappa shape index (κ3) is 2.84. The van der Waals surface area contributed by atoms with E-state index in [0.717, 1.165) is 51.8 Å². The molecule has 0 radical (unpaired) electrons. The molecule has 1 atom stereocenters. The number of para-hydroxylation sites is 1. The number of nitriles is 1. The largest absolute Gasteiger partial charge is 0.346 e. The third-order valence-electron chi connectivity index (χ3n) is 6.73. The first-order valence-electron chi connectivity index (χ1n) is 10.9. The van der Waals surface area contributed by atoms with Crippen molar-refractivity contribution in [1.29, 1.82) is 5.26 Å². The van der Waals surface area contributed by atoms with Gasteiger partial charge in [-0.2, -0.15) is 5.26 Å². The summed E-state index contributed by atoms with van der Waals surface area (Å²) in [6, 6.07) is 12.6. The van der Waals surface area contributed by atoms with Crippen LogP contribution in [0.2, 0.25) is 0 Å². The van der Waals surface area contributed by atoms with Gasteiger partial charge in [-0.05, 0) is 30.7 Å². The van der Waals surface area contributed by atoms with E-state index in [1.807, 2.05) is 29.3 Å². The highest BCUT2D eigenvalue weighted by atomic mass is 32.2. The molecule has 1 aromatic carbocycles. The van der Waals surface area contributed by atoms with Gasteiger partial charge in [0.05, 0.1) is 29.0 Å². The molecule has 0 spiro atoms. The van der Waals surface area contributed by atoms with Gasteiger partial charge in [-0.25, -0.2) is 9.97 Å². The van der Waals surface area contributed by atoms with E-state index in [1.165, 1.54) is 0 Å². The van der Waals surface area contributed by atoms with Crippen molar-refractivity contribution in [2.75, 3.05) is 18.8 Å². The van der Waals surface area contributed by atoms with Crippen LogP contribution in [0.5, 0.6) is 0 Å². The van der Waals surface area contributed by atoms with Crippen LogP contribution in [-0.2, 0) is 10.3 Å². The number of carbonyl (C=O) groups excluding carboxylic acids is 1. The lowest BCUT2D eigenvalue weighted by molar-refractivity contribution is -0.141. The van der Waals surface area contributed by atoms with E-state index < -0.39 is 5.54 Å². The molecule has 1 amide bonds. The Morgan fingerprint density at radius 3 is 2.94 bits per heavy atom. The lowest BCUT2D eigenvalue weighted by Crippen LogP contribution is -2.65. The lowest BCUT2D eigenvalue weighted by atomic mass is 9.85. The van der Waals surface area contributed by atoms with Crippen molar-refractivity contribution in [2.24, 2.45) is 0 Å². The van der Waals surface area contributed by atoms with Crippen LogP contribution in [-0.4, -0.2) is 54.4 Å². The summed E-state index contributed by atoms with van der Waals surface area (Å²) in [5.41, 5.74) is 3.32. The van der Waals surface area contributed by atoms with Crippen LogP contribution >= 0.6 is 11.8 Å². The predicted molar refractivity (Wildman–Crippen MR) is 125 cm³/mol.